The van der Waals surface area contributed by atoms with E-state index in [1.54, 1.807) is 18.2 Å². The first-order valence-electron chi connectivity index (χ1n) is 11.1. The van der Waals surface area contributed by atoms with Crippen molar-refractivity contribution in [3.8, 4) is 0 Å². The van der Waals surface area contributed by atoms with E-state index in [2.05, 4.69) is 11.1 Å². The fourth-order valence-corrected chi connectivity index (χ4v) is 4.67. The summed E-state index contributed by atoms with van der Waals surface area (Å²) in [4.78, 5) is 20.2. The largest absolute Gasteiger partial charge is 0.478 e. The van der Waals surface area contributed by atoms with Crippen LogP contribution in [0.4, 0.5) is 5.69 Å². The van der Waals surface area contributed by atoms with Gasteiger partial charge < -0.3 is 5.11 Å². The Balaban J connectivity index is 0.000000149. The SMILES string of the molecule is Clc1c2c(nc3ccccc13)CCCC2.O=C(O)c1ccccc1N=C1CCCCC1. The maximum absolute atomic E-state index is 11.0. The van der Waals surface area contributed by atoms with Crippen LogP contribution in [0.5, 0.6) is 0 Å². The highest BCUT2D eigenvalue weighted by Gasteiger charge is 2.16. The molecule has 0 radical (unpaired) electrons. The molecule has 0 bridgehead atoms. The van der Waals surface area contributed by atoms with Gasteiger partial charge in [-0.2, -0.15) is 0 Å². The molecule has 0 unspecified atom stereocenters. The Hall–Kier alpha value is -2.72. The average Bonchev–Trinajstić information content (AvgIpc) is 2.81. The number of hydrogen-bond donors (Lipinski definition) is 1. The number of aryl methyl sites for hydroxylation is 1. The second kappa shape index (κ2) is 10.1. The maximum atomic E-state index is 11.0. The summed E-state index contributed by atoms with van der Waals surface area (Å²) in [6.45, 7) is 0. The number of carbonyl (C=O) groups is 1. The lowest BCUT2D eigenvalue weighted by molar-refractivity contribution is 0.0698. The lowest BCUT2D eigenvalue weighted by Gasteiger charge is -2.17. The van der Waals surface area contributed by atoms with Crippen LogP contribution in [0, 0.1) is 0 Å². The van der Waals surface area contributed by atoms with Crippen LogP contribution in [0.1, 0.15) is 66.6 Å². The third-order valence-electron chi connectivity index (χ3n) is 5.94. The standard InChI is InChI=1S/C13H12ClN.C13H15NO2/c14-13-9-5-1-3-7-11(9)15-12-8-4-2-6-10(12)13;15-13(16)11-8-4-5-9-12(11)14-10-6-2-1-3-7-10/h1,3,5,7H,2,4,6,8H2;4-5,8-9H,1-3,6-7H2,(H,15,16). The smallest absolute Gasteiger partial charge is 0.337 e. The van der Waals surface area contributed by atoms with E-state index in [-0.39, 0.29) is 0 Å². The summed E-state index contributed by atoms with van der Waals surface area (Å²) >= 11 is 6.42. The number of benzene rings is 2. The van der Waals surface area contributed by atoms with Gasteiger partial charge in [-0.1, -0.05) is 48.4 Å². The van der Waals surface area contributed by atoms with Gasteiger partial charge in [0, 0.05) is 16.8 Å². The number of rotatable bonds is 2. The summed E-state index contributed by atoms with van der Waals surface area (Å²) in [6, 6.07) is 15.1. The van der Waals surface area contributed by atoms with Gasteiger partial charge in [0.05, 0.1) is 21.8 Å². The number of halogens is 1. The van der Waals surface area contributed by atoms with Crippen LogP contribution in [0.25, 0.3) is 10.9 Å². The Morgan fingerprint density at radius 3 is 2.35 bits per heavy atom. The van der Waals surface area contributed by atoms with Crippen LogP contribution in [-0.2, 0) is 12.8 Å². The fourth-order valence-electron chi connectivity index (χ4n) is 4.31. The van der Waals surface area contributed by atoms with Crippen LogP contribution in [0.3, 0.4) is 0 Å². The molecule has 5 rings (SSSR count). The number of fused-ring (bicyclic) bond motifs is 2. The molecule has 1 saturated carbocycles. The van der Waals surface area contributed by atoms with E-state index in [0.717, 1.165) is 47.3 Å². The van der Waals surface area contributed by atoms with Crippen LogP contribution in [0.2, 0.25) is 5.02 Å². The average molecular weight is 435 g/mol. The molecule has 0 aliphatic heterocycles. The highest BCUT2D eigenvalue weighted by molar-refractivity contribution is 6.36. The lowest BCUT2D eigenvalue weighted by atomic mass is 9.94. The lowest BCUT2D eigenvalue weighted by Crippen LogP contribution is -2.06. The molecular formula is C26H27ClN2O2. The van der Waals surface area contributed by atoms with Crippen molar-refractivity contribution in [3.63, 3.8) is 0 Å². The van der Waals surface area contributed by atoms with Crippen molar-refractivity contribution in [3.05, 3.63) is 70.4 Å². The Morgan fingerprint density at radius 2 is 1.55 bits per heavy atom. The maximum Gasteiger partial charge on any atom is 0.337 e. The predicted octanol–water partition coefficient (Wildman–Crippen LogP) is 7.19. The van der Waals surface area contributed by atoms with Crippen LogP contribution >= 0.6 is 11.6 Å². The van der Waals surface area contributed by atoms with Crippen molar-refractivity contribution in [1.82, 2.24) is 4.98 Å². The van der Waals surface area contributed by atoms with Gasteiger partial charge in [0.15, 0.2) is 0 Å². The van der Waals surface area contributed by atoms with Gasteiger partial charge in [-0.15, -0.1) is 0 Å². The van der Waals surface area contributed by atoms with Crippen LogP contribution < -0.4 is 0 Å². The zero-order chi connectivity index (χ0) is 21.6. The number of aromatic carboxylic acids is 1. The van der Waals surface area contributed by atoms with Gasteiger partial charge in [-0.3, -0.25) is 9.98 Å². The first-order chi connectivity index (χ1) is 15.1. The van der Waals surface area contributed by atoms with E-state index < -0.39 is 5.97 Å². The minimum Gasteiger partial charge on any atom is -0.478 e. The van der Waals surface area contributed by atoms with Crippen LogP contribution in [0.15, 0.2) is 53.5 Å². The fraction of sp³-hybridized carbons (Fsp3) is 0.346. The van der Waals surface area contributed by atoms with Gasteiger partial charge in [0.25, 0.3) is 0 Å². The Morgan fingerprint density at radius 1 is 0.871 bits per heavy atom. The minimum atomic E-state index is -0.907. The van der Waals surface area contributed by atoms with Gasteiger partial charge in [0.2, 0.25) is 0 Å². The summed E-state index contributed by atoms with van der Waals surface area (Å²) in [5.74, 6) is -0.907. The second-order valence-corrected chi connectivity index (χ2v) is 8.51. The van der Waals surface area contributed by atoms with E-state index in [4.69, 9.17) is 21.7 Å². The van der Waals surface area contributed by atoms with E-state index in [1.807, 2.05) is 24.3 Å². The van der Waals surface area contributed by atoms with E-state index >= 15 is 0 Å². The molecule has 31 heavy (non-hydrogen) atoms. The molecule has 1 heterocycles. The van der Waals surface area contributed by atoms with Crippen LogP contribution in [-0.4, -0.2) is 21.8 Å². The Kier molecular flexibility index (Phi) is 6.98. The van der Waals surface area contributed by atoms with Crippen molar-refractivity contribution >= 4 is 39.9 Å². The number of para-hydroxylation sites is 2. The molecule has 2 aromatic carbocycles. The number of pyridine rings is 1. The number of hydrogen-bond acceptors (Lipinski definition) is 3. The number of nitrogens with zero attached hydrogens (tertiary/aromatic N) is 2. The highest BCUT2D eigenvalue weighted by atomic mass is 35.5. The normalized spacial score (nSPS) is 15.6. The molecule has 0 spiro atoms. The molecule has 5 heteroatoms. The molecule has 1 N–H and O–H groups in total. The molecule has 2 aliphatic carbocycles. The molecule has 1 fully saturated rings. The molecule has 4 nitrogen and oxygen atoms in total. The third kappa shape index (κ3) is 5.13. The van der Waals surface area contributed by atoms with Crippen molar-refractivity contribution in [2.45, 2.75) is 57.8 Å². The summed E-state index contributed by atoms with van der Waals surface area (Å²) in [5, 5.41) is 11.0. The van der Waals surface area contributed by atoms with Crippen molar-refractivity contribution < 1.29 is 9.90 Å². The second-order valence-electron chi connectivity index (χ2n) is 8.14. The molecular weight excluding hydrogens is 408 g/mol. The monoisotopic (exact) mass is 434 g/mol. The predicted molar refractivity (Wildman–Crippen MR) is 127 cm³/mol. The van der Waals surface area contributed by atoms with Gasteiger partial charge >= 0.3 is 5.97 Å². The summed E-state index contributed by atoms with van der Waals surface area (Å²) < 4.78 is 0. The molecule has 0 amide bonds. The van der Waals surface area contributed by atoms with E-state index in [1.165, 1.54) is 43.4 Å². The zero-order valence-electron chi connectivity index (χ0n) is 17.6. The first kappa shape index (κ1) is 21.5. The summed E-state index contributed by atoms with van der Waals surface area (Å²) in [6.07, 6.45) is 10.3. The number of aromatic nitrogens is 1. The molecule has 1 aromatic heterocycles. The quantitative estimate of drug-likeness (QED) is 0.464. The van der Waals surface area contributed by atoms with Crippen molar-refractivity contribution in [2.24, 2.45) is 4.99 Å². The van der Waals surface area contributed by atoms with Crippen molar-refractivity contribution in [2.75, 3.05) is 0 Å². The number of carboxylic acids is 1. The minimum absolute atomic E-state index is 0.292. The molecule has 160 valence electrons. The van der Waals surface area contributed by atoms with Gasteiger partial charge in [0.1, 0.15) is 0 Å². The molecule has 0 saturated heterocycles. The summed E-state index contributed by atoms with van der Waals surface area (Å²) in [7, 11) is 0. The topological polar surface area (TPSA) is 62.5 Å². The van der Waals surface area contributed by atoms with E-state index in [0.29, 0.717) is 11.3 Å². The molecule has 3 aromatic rings. The van der Waals surface area contributed by atoms with Crippen molar-refractivity contribution in [1.29, 1.82) is 0 Å². The third-order valence-corrected chi connectivity index (χ3v) is 6.38. The first-order valence-corrected chi connectivity index (χ1v) is 11.5. The van der Waals surface area contributed by atoms with E-state index in [9.17, 15) is 4.79 Å². The zero-order valence-corrected chi connectivity index (χ0v) is 18.4. The van der Waals surface area contributed by atoms with Gasteiger partial charge in [-0.05, 0) is 75.1 Å². The highest BCUT2D eigenvalue weighted by Crippen LogP contribution is 2.32. The molecule has 0 atom stereocenters. The Bertz CT molecular complexity index is 1120. The summed E-state index contributed by atoms with van der Waals surface area (Å²) in [5.41, 5.74) is 5.54. The van der Waals surface area contributed by atoms with Gasteiger partial charge in [-0.25, -0.2) is 4.79 Å². The number of aliphatic imine (C=N–C) groups is 1. The number of carboxylic acid groups (broad SMARTS) is 1. The molecule has 2 aliphatic rings. The Labute approximate surface area is 188 Å².